The molecular weight excluding hydrogens is 204 g/mol. The van der Waals surface area contributed by atoms with E-state index in [9.17, 15) is 4.79 Å². The van der Waals surface area contributed by atoms with Crippen molar-refractivity contribution in [1.29, 1.82) is 0 Å². The van der Waals surface area contributed by atoms with E-state index in [0.717, 1.165) is 16.0 Å². The Labute approximate surface area is 96.3 Å². The van der Waals surface area contributed by atoms with Crippen molar-refractivity contribution >= 4 is 17.5 Å². The maximum Gasteiger partial charge on any atom is 0.163 e. The van der Waals surface area contributed by atoms with Gasteiger partial charge in [0.05, 0.1) is 0 Å². The molecule has 0 fully saturated rings. The summed E-state index contributed by atoms with van der Waals surface area (Å²) < 4.78 is 0. The van der Waals surface area contributed by atoms with Crippen LogP contribution in [0.2, 0.25) is 0 Å². The van der Waals surface area contributed by atoms with Crippen LogP contribution >= 0.6 is 11.8 Å². The topological polar surface area (TPSA) is 17.1 Å². The highest BCUT2D eigenvalue weighted by Crippen LogP contribution is 2.28. The van der Waals surface area contributed by atoms with Crippen LogP contribution in [0.3, 0.4) is 0 Å². The Morgan fingerprint density at radius 2 is 2.07 bits per heavy atom. The molecule has 0 aliphatic heterocycles. The van der Waals surface area contributed by atoms with Crippen molar-refractivity contribution in [3.05, 3.63) is 29.3 Å². The number of hydrogen-bond donors (Lipinski definition) is 0. The van der Waals surface area contributed by atoms with Gasteiger partial charge in [-0.1, -0.05) is 32.4 Å². The fourth-order valence-electron chi connectivity index (χ4n) is 1.41. The molecule has 2 heteroatoms. The van der Waals surface area contributed by atoms with E-state index < -0.39 is 0 Å². The molecule has 0 aromatic heterocycles. The Balaban J connectivity index is 3.08. The number of ketones is 1. The number of aryl methyl sites for hydroxylation is 1. The Hall–Kier alpha value is -0.760. The normalized spacial score (nSPS) is 10.7. The average molecular weight is 222 g/mol. The van der Waals surface area contributed by atoms with Crippen LogP contribution in [0.5, 0.6) is 0 Å². The summed E-state index contributed by atoms with van der Waals surface area (Å²) in [6.45, 7) is 8.22. The van der Waals surface area contributed by atoms with E-state index in [1.807, 2.05) is 19.9 Å². The average Bonchev–Trinajstić information content (AvgIpc) is 2.19. The zero-order valence-electron chi connectivity index (χ0n) is 9.83. The molecule has 0 heterocycles. The van der Waals surface area contributed by atoms with Crippen LogP contribution in [0.4, 0.5) is 0 Å². The van der Waals surface area contributed by atoms with Crippen LogP contribution in [0.25, 0.3) is 0 Å². The summed E-state index contributed by atoms with van der Waals surface area (Å²) >= 11 is 1.76. The van der Waals surface area contributed by atoms with Crippen molar-refractivity contribution in [2.24, 2.45) is 0 Å². The Bertz CT molecular complexity index is 356. The van der Waals surface area contributed by atoms with E-state index in [-0.39, 0.29) is 5.78 Å². The SMILES string of the molecule is CCC(=O)c1cc(C)ccc1SC(C)C. The summed E-state index contributed by atoms with van der Waals surface area (Å²) in [7, 11) is 0. The minimum absolute atomic E-state index is 0.238. The van der Waals surface area contributed by atoms with Crippen LogP contribution < -0.4 is 0 Å². The van der Waals surface area contributed by atoms with Crippen LogP contribution in [0, 0.1) is 6.92 Å². The molecular formula is C13H18OS. The number of hydrogen-bond acceptors (Lipinski definition) is 2. The first-order chi connectivity index (χ1) is 7.04. The van der Waals surface area contributed by atoms with Crippen molar-refractivity contribution in [1.82, 2.24) is 0 Å². The molecule has 0 bridgehead atoms. The maximum atomic E-state index is 11.8. The first-order valence-electron chi connectivity index (χ1n) is 5.35. The van der Waals surface area contributed by atoms with Gasteiger partial charge in [-0.05, 0) is 19.1 Å². The van der Waals surface area contributed by atoms with E-state index in [4.69, 9.17) is 0 Å². The standard InChI is InChI=1S/C13H18OS/c1-5-12(14)11-8-10(4)6-7-13(11)15-9(2)3/h6-9H,5H2,1-4H3. The molecule has 1 aromatic carbocycles. The molecule has 0 amide bonds. The van der Waals surface area contributed by atoms with E-state index >= 15 is 0 Å². The zero-order chi connectivity index (χ0) is 11.4. The predicted molar refractivity (Wildman–Crippen MR) is 66.8 cm³/mol. The summed E-state index contributed by atoms with van der Waals surface area (Å²) in [5, 5.41) is 0.510. The lowest BCUT2D eigenvalue weighted by Gasteiger charge is -2.10. The predicted octanol–water partition coefficient (Wildman–Crippen LogP) is 4.09. The van der Waals surface area contributed by atoms with Gasteiger partial charge in [-0.3, -0.25) is 4.79 Å². The van der Waals surface area contributed by atoms with Gasteiger partial charge in [0.1, 0.15) is 0 Å². The van der Waals surface area contributed by atoms with Gasteiger partial charge >= 0.3 is 0 Å². The molecule has 15 heavy (non-hydrogen) atoms. The van der Waals surface area contributed by atoms with E-state index in [1.165, 1.54) is 0 Å². The summed E-state index contributed by atoms with van der Waals surface area (Å²) in [5.41, 5.74) is 2.04. The number of benzene rings is 1. The number of carbonyl (C=O) groups excluding carboxylic acids is 1. The zero-order valence-corrected chi connectivity index (χ0v) is 10.6. The molecule has 0 saturated carbocycles. The summed E-state index contributed by atoms with van der Waals surface area (Å²) in [6.07, 6.45) is 0.578. The van der Waals surface area contributed by atoms with Gasteiger partial charge in [-0.2, -0.15) is 0 Å². The van der Waals surface area contributed by atoms with Crippen molar-refractivity contribution in [3.8, 4) is 0 Å². The second-order valence-electron chi connectivity index (χ2n) is 3.94. The minimum atomic E-state index is 0.238. The van der Waals surface area contributed by atoms with Gasteiger partial charge in [0.25, 0.3) is 0 Å². The van der Waals surface area contributed by atoms with Gasteiger partial charge in [-0.25, -0.2) is 0 Å². The van der Waals surface area contributed by atoms with Gasteiger partial charge < -0.3 is 0 Å². The largest absolute Gasteiger partial charge is 0.294 e. The van der Waals surface area contributed by atoms with Crippen LogP contribution in [0.1, 0.15) is 43.1 Å². The molecule has 0 aliphatic carbocycles. The summed E-state index contributed by atoms with van der Waals surface area (Å²) in [4.78, 5) is 12.9. The third-order valence-electron chi connectivity index (χ3n) is 2.12. The van der Waals surface area contributed by atoms with Crippen molar-refractivity contribution in [3.63, 3.8) is 0 Å². The third kappa shape index (κ3) is 3.38. The molecule has 0 atom stereocenters. The fourth-order valence-corrected chi connectivity index (χ4v) is 2.36. The molecule has 0 saturated heterocycles. The molecule has 1 rings (SSSR count). The minimum Gasteiger partial charge on any atom is -0.294 e. The molecule has 0 N–H and O–H groups in total. The van der Waals surface area contributed by atoms with Gasteiger partial charge in [0.2, 0.25) is 0 Å². The smallest absolute Gasteiger partial charge is 0.163 e. The monoisotopic (exact) mass is 222 g/mol. The summed E-state index contributed by atoms with van der Waals surface area (Å²) in [5.74, 6) is 0.238. The van der Waals surface area contributed by atoms with E-state index in [1.54, 1.807) is 11.8 Å². The van der Waals surface area contributed by atoms with E-state index in [2.05, 4.69) is 26.0 Å². The number of rotatable bonds is 4. The first kappa shape index (κ1) is 12.3. The van der Waals surface area contributed by atoms with Crippen LogP contribution in [0.15, 0.2) is 23.1 Å². The molecule has 0 aliphatic rings. The molecule has 0 spiro atoms. The molecule has 82 valence electrons. The lowest BCUT2D eigenvalue weighted by Crippen LogP contribution is -2.01. The van der Waals surface area contributed by atoms with Crippen molar-refractivity contribution < 1.29 is 4.79 Å². The van der Waals surface area contributed by atoms with E-state index in [0.29, 0.717) is 11.7 Å². The first-order valence-corrected chi connectivity index (χ1v) is 6.23. The second kappa shape index (κ2) is 5.36. The quantitative estimate of drug-likeness (QED) is 0.564. The molecule has 0 unspecified atom stereocenters. The summed E-state index contributed by atoms with van der Waals surface area (Å²) in [6, 6.07) is 6.12. The van der Waals surface area contributed by atoms with Crippen LogP contribution in [-0.4, -0.2) is 11.0 Å². The Kier molecular flexibility index (Phi) is 4.40. The number of Topliss-reactive ketones (excluding diaryl/α,β-unsaturated/α-hetero) is 1. The van der Waals surface area contributed by atoms with Crippen LogP contribution in [-0.2, 0) is 0 Å². The molecule has 1 nitrogen and oxygen atoms in total. The van der Waals surface area contributed by atoms with Gasteiger partial charge in [0, 0.05) is 22.1 Å². The Morgan fingerprint density at radius 1 is 1.40 bits per heavy atom. The highest BCUT2D eigenvalue weighted by Gasteiger charge is 2.11. The van der Waals surface area contributed by atoms with Crippen molar-refractivity contribution in [2.75, 3.05) is 0 Å². The fraction of sp³-hybridized carbons (Fsp3) is 0.462. The van der Waals surface area contributed by atoms with Gasteiger partial charge in [-0.15, -0.1) is 11.8 Å². The number of thioether (sulfide) groups is 1. The number of carbonyl (C=O) groups is 1. The van der Waals surface area contributed by atoms with Gasteiger partial charge in [0.15, 0.2) is 5.78 Å². The highest BCUT2D eigenvalue weighted by atomic mass is 32.2. The molecule has 1 aromatic rings. The lowest BCUT2D eigenvalue weighted by molar-refractivity contribution is 0.0985. The lowest BCUT2D eigenvalue weighted by atomic mass is 10.1. The molecule has 0 radical (unpaired) electrons. The Morgan fingerprint density at radius 3 is 2.60 bits per heavy atom. The maximum absolute atomic E-state index is 11.8. The highest BCUT2D eigenvalue weighted by molar-refractivity contribution is 8.00. The second-order valence-corrected chi connectivity index (χ2v) is 5.56. The third-order valence-corrected chi connectivity index (χ3v) is 3.20. The van der Waals surface area contributed by atoms with Crippen molar-refractivity contribution in [2.45, 2.75) is 44.3 Å².